The summed E-state index contributed by atoms with van der Waals surface area (Å²) >= 11 is 0. The van der Waals surface area contributed by atoms with E-state index in [2.05, 4.69) is 9.97 Å². The van der Waals surface area contributed by atoms with Crippen LogP contribution in [-0.2, 0) is 14.8 Å². The lowest BCUT2D eigenvalue weighted by molar-refractivity contribution is -0.0440. The molecule has 0 amide bonds. The van der Waals surface area contributed by atoms with Gasteiger partial charge in [0.25, 0.3) is 0 Å². The van der Waals surface area contributed by atoms with E-state index < -0.39 is 10.0 Å². The Morgan fingerprint density at radius 1 is 1.15 bits per heavy atom. The van der Waals surface area contributed by atoms with Crippen LogP contribution in [0.1, 0.15) is 13.8 Å². The minimum atomic E-state index is -3.59. The Labute approximate surface area is 152 Å². The van der Waals surface area contributed by atoms with Gasteiger partial charge in [0.2, 0.25) is 15.8 Å². The summed E-state index contributed by atoms with van der Waals surface area (Å²) in [7, 11) is -3.59. The number of rotatable bonds is 3. The molecule has 4 rings (SSSR count). The zero-order valence-corrected chi connectivity index (χ0v) is 15.4. The van der Waals surface area contributed by atoms with Crippen LogP contribution < -0.4 is 0 Å². The Morgan fingerprint density at radius 3 is 2.65 bits per heavy atom. The number of imidazole rings is 1. The largest absolute Gasteiger partial charge is 0.373 e. The summed E-state index contributed by atoms with van der Waals surface area (Å²) in [4.78, 5) is 8.93. The van der Waals surface area contributed by atoms with Crippen LogP contribution in [0.3, 0.4) is 0 Å². The van der Waals surface area contributed by atoms with Gasteiger partial charge < -0.3 is 4.74 Å². The van der Waals surface area contributed by atoms with Gasteiger partial charge in [-0.05, 0) is 32.0 Å². The standard InChI is InChI=1S/C18H20N4O3S/c1-13-10-22(11-14(2)25-13)26(23,24)16-6-3-5-15(9-16)17-12-21-8-4-7-19-18(21)20-17/h3-9,12-14H,10-11H2,1-2H3/t13-,14+. The average molecular weight is 372 g/mol. The average Bonchev–Trinajstić information content (AvgIpc) is 3.05. The quantitative estimate of drug-likeness (QED) is 0.704. The molecule has 3 aromatic rings. The highest BCUT2D eigenvalue weighted by molar-refractivity contribution is 7.89. The van der Waals surface area contributed by atoms with E-state index in [0.29, 0.717) is 24.6 Å². The molecule has 1 fully saturated rings. The summed E-state index contributed by atoms with van der Waals surface area (Å²) in [5.74, 6) is 0.576. The van der Waals surface area contributed by atoms with E-state index in [1.807, 2.05) is 42.8 Å². The molecule has 0 saturated carbocycles. The summed E-state index contributed by atoms with van der Waals surface area (Å²) in [6, 6.07) is 8.71. The van der Waals surface area contributed by atoms with E-state index in [9.17, 15) is 8.42 Å². The maximum atomic E-state index is 13.1. The van der Waals surface area contributed by atoms with E-state index in [1.54, 1.807) is 24.4 Å². The van der Waals surface area contributed by atoms with Gasteiger partial charge in [-0.15, -0.1) is 0 Å². The monoisotopic (exact) mass is 372 g/mol. The van der Waals surface area contributed by atoms with Crippen LogP contribution in [0, 0.1) is 0 Å². The first-order valence-corrected chi connectivity index (χ1v) is 9.93. The fourth-order valence-corrected chi connectivity index (χ4v) is 4.90. The Balaban J connectivity index is 1.70. The molecule has 136 valence electrons. The van der Waals surface area contributed by atoms with Crippen molar-refractivity contribution >= 4 is 15.8 Å². The lowest BCUT2D eigenvalue weighted by Crippen LogP contribution is -2.48. The van der Waals surface area contributed by atoms with Gasteiger partial charge in [-0.2, -0.15) is 4.31 Å². The molecule has 7 nitrogen and oxygen atoms in total. The Bertz CT molecular complexity index is 1000. The lowest BCUT2D eigenvalue weighted by atomic mass is 10.2. The van der Waals surface area contributed by atoms with Gasteiger partial charge in [0.15, 0.2) is 0 Å². The van der Waals surface area contributed by atoms with Crippen molar-refractivity contribution in [1.82, 2.24) is 18.7 Å². The van der Waals surface area contributed by atoms with Gasteiger partial charge in [0, 0.05) is 37.2 Å². The van der Waals surface area contributed by atoms with E-state index >= 15 is 0 Å². The number of hydrogen-bond donors (Lipinski definition) is 0. The molecule has 1 saturated heterocycles. The second kappa shape index (κ2) is 6.46. The summed E-state index contributed by atoms with van der Waals surface area (Å²) < 4.78 is 35.1. The highest BCUT2D eigenvalue weighted by atomic mass is 32.2. The second-order valence-corrected chi connectivity index (χ2v) is 8.50. The molecule has 0 aliphatic carbocycles. The number of aromatic nitrogens is 3. The topological polar surface area (TPSA) is 76.8 Å². The molecule has 0 radical (unpaired) electrons. The van der Waals surface area contributed by atoms with E-state index in [1.165, 1.54) is 4.31 Å². The van der Waals surface area contributed by atoms with Crippen LogP contribution in [0.5, 0.6) is 0 Å². The van der Waals surface area contributed by atoms with Crippen LogP contribution in [-0.4, -0.2) is 52.4 Å². The van der Waals surface area contributed by atoms with Gasteiger partial charge in [0.05, 0.1) is 22.8 Å². The number of sulfonamides is 1. The number of nitrogens with zero attached hydrogens (tertiary/aromatic N) is 4. The molecule has 0 unspecified atom stereocenters. The third-order valence-electron chi connectivity index (χ3n) is 4.39. The van der Waals surface area contributed by atoms with E-state index in [0.717, 1.165) is 5.56 Å². The molecule has 3 heterocycles. The van der Waals surface area contributed by atoms with Crippen molar-refractivity contribution in [2.24, 2.45) is 0 Å². The van der Waals surface area contributed by atoms with E-state index in [-0.39, 0.29) is 17.1 Å². The minimum Gasteiger partial charge on any atom is -0.373 e. The third kappa shape index (κ3) is 3.11. The van der Waals surface area contributed by atoms with Gasteiger partial charge in [-0.3, -0.25) is 4.40 Å². The van der Waals surface area contributed by atoms with Crippen LogP contribution in [0.2, 0.25) is 0 Å². The van der Waals surface area contributed by atoms with Gasteiger partial charge in [0.1, 0.15) is 0 Å². The number of ether oxygens (including phenoxy) is 1. The van der Waals surface area contributed by atoms with Crippen LogP contribution in [0.4, 0.5) is 0 Å². The van der Waals surface area contributed by atoms with Crippen molar-refractivity contribution in [3.8, 4) is 11.3 Å². The lowest BCUT2D eigenvalue weighted by Gasteiger charge is -2.34. The molecular weight excluding hydrogens is 352 g/mol. The molecule has 0 spiro atoms. The van der Waals surface area contributed by atoms with Crippen LogP contribution >= 0.6 is 0 Å². The highest BCUT2D eigenvalue weighted by Crippen LogP contribution is 2.25. The minimum absolute atomic E-state index is 0.124. The first-order valence-electron chi connectivity index (χ1n) is 8.49. The first-order chi connectivity index (χ1) is 12.4. The molecule has 0 N–H and O–H groups in total. The molecule has 2 aromatic heterocycles. The van der Waals surface area contributed by atoms with Gasteiger partial charge in [-0.1, -0.05) is 12.1 Å². The molecule has 8 heteroatoms. The summed E-state index contributed by atoms with van der Waals surface area (Å²) in [5, 5.41) is 0. The number of fused-ring (bicyclic) bond motifs is 1. The molecule has 1 aromatic carbocycles. The molecule has 1 aliphatic heterocycles. The van der Waals surface area contributed by atoms with Gasteiger partial charge in [-0.25, -0.2) is 18.4 Å². The highest BCUT2D eigenvalue weighted by Gasteiger charge is 2.32. The molecule has 26 heavy (non-hydrogen) atoms. The Hall–Kier alpha value is -2.29. The van der Waals surface area contributed by atoms with Crippen molar-refractivity contribution in [2.75, 3.05) is 13.1 Å². The zero-order chi connectivity index (χ0) is 18.3. The molecule has 0 bridgehead atoms. The summed E-state index contributed by atoms with van der Waals surface area (Å²) in [6.07, 6.45) is 5.12. The van der Waals surface area contributed by atoms with Crippen molar-refractivity contribution < 1.29 is 13.2 Å². The number of morpholine rings is 1. The van der Waals surface area contributed by atoms with Crippen molar-refractivity contribution in [3.05, 3.63) is 48.9 Å². The predicted octanol–water partition coefficient (Wildman–Crippen LogP) is 2.19. The van der Waals surface area contributed by atoms with Crippen LogP contribution in [0.25, 0.3) is 17.0 Å². The SMILES string of the molecule is C[C@@H]1CN(S(=O)(=O)c2cccc(-c3cn4cccnc4n3)c2)C[C@H](C)O1. The fraction of sp³-hybridized carbons (Fsp3) is 0.333. The van der Waals surface area contributed by atoms with Crippen molar-refractivity contribution in [2.45, 2.75) is 31.0 Å². The molecule has 1 aliphatic rings. The normalized spacial score (nSPS) is 21.9. The van der Waals surface area contributed by atoms with Crippen molar-refractivity contribution in [1.29, 1.82) is 0 Å². The Kier molecular flexibility index (Phi) is 4.26. The Morgan fingerprint density at radius 2 is 1.92 bits per heavy atom. The third-order valence-corrected chi connectivity index (χ3v) is 6.22. The predicted molar refractivity (Wildman–Crippen MR) is 97.2 cm³/mol. The number of hydrogen-bond acceptors (Lipinski definition) is 5. The number of benzene rings is 1. The fourth-order valence-electron chi connectivity index (χ4n) is 3.26. The maximum absolute atomic E-state index is 13.1. The maximum Gasteiger partial charge on any atom is 0.243 e. The summed E-state index contributed by atoms with van der Waals surface area (Å²) in [6.45, 7) is 4.49. The van der Waals surface area contributed by atoms with Gasteiger partial charge >= 0.3 is 0 Å². The zero-order valence-electron chi connectivity index (χ0n) is 14.6. The smallest absolute Gasteiger partial charge is 0.243 e. The second-order valence-electron chi connectivity index (χ2n) is 6.56. The molecule has 2 atom stereocenters. The molecular formula is C18H20N4O3S. The first kappa shape index (κ1) is 17.1. The van der Waals surface area contributed by atoms with Crippen molar-refractivity contribution in [3.63, 3.8) is 0 Å². The van der Waals surface area contributed by atoms with Crippen LogP contribution in [0.15, 0.2) is 53.8 Å². The van der Waals surface area contributed by atoms with E-state index in [4.69, 9.17) is 4.74 Å². The summed E-state index contributed by atoms with van der Waals surface area (Å²) in [5.41, 5.74) is 1.43.